The van der Waals surface area contributed by atoms with Crippen LogP contribution in [-0.4, -0.2) is 42.0 Å². The van der Waals surface area contributed by atoms with Gasteiger partial charge in [0.05, 0.1) is 18.1 Å². The second-order valence-corrected chi connectivity index (χ2v) is 6.60. The van der Waals surface area contributed by atoms with Crippen LogP contribution < -0.4 is 5.32 Å². The largest absolute Gasteiger partial charge is 0.379 e. The van der Waals surface area contributed by atoms with Crippen molar-refractivity contribution in [2.45, 2.75) is 20.0 Å². The van der Waals surface area contributed by atoms with Gasteiger partial charge in [-0.1, -0.05) is 30.3 Å². The van der Waals surface area contributed by atoms with Crippen LogP contribution >= 0.6 is 0 Å². The number of carbonyl (C=O) groups excluding carboxylic acids is 1. The van der Waals surface area contributed by atoms with Crippen molar-refractivity contribution in [3.8, 4) is 0 Å². The molecular formula is C20H23N3O4. The SMILES string of the molecule is Cc1ccc(C(=O)NCc2ccccc2CN2CCOCC2)cc1[N+](=O)[O-]. The van der Waals surface area contributed by atoms with Gasteiger partial charge in [0, 0.05) is 43.4 Å². The molecule has 142 valence electrons. The van der Waals surface area contributed by atoms with Gasteiger partial charge in [-0.3, -0.25) is 19.8 Å². The summed E-state index contributed by atoms with van der Waals surface area (Å²) in [5.74, 6) is -0.320. The number of hydrogen-bond donors (Lipinski definition) is 1. The third-order valence-electron chi connectivity index (χ3n) is 4.72. The van der Waals surface area contributed by atoms with Crippen molar-refractivity contribution >= 4 is 11.6 Å². The first-order chi connectivity index (χ1) is 13.0. The van der Waals surface area contributed by atoms with E-state index in [-0.39, 0.29) is 17.2 Å². The number of hydrogen-bond acceptors (Lipinski definition) is 5. The van der Waals surface area contributed by atoms with Crippen molar-refractivity contribution in [3.63, 3.8) is 0 Å². The average Bonchev–Trinajstić information content (AvgIpc) is 2.68. The van der Waals surface area contributed by atoms with E-state index in [0.29, 0.717) is 12.1 Å². The van der Waals surface area contributed by atoms with Gasteiger partial charge in [0.15, 0.2) is 0 Å². The highest BCUT2D eigenvalue weighted by atomic mass is 16.6. The molecule has 0 unspecified atom stereocenters. The lowest BCUT2D eigenvalue weighted by molar-refractivity contribution is -0.385. The van der Waals surface area contributed by atoms with Crippen LogP contribution in [0, 0.1) is 17.0 Å². The summed E-state index contributed by atoms with van der Waals surface area (Å²) >= 11 is 0. The Hall–Kier alpha value is -2.77. The molecule has 27 heavy (non-hydrogen) atoms. The van der Waals surface area contributed by atoms with Crippen molar-refractivity contribution in [2.24, 2.45) is 0 Å². The van der Waals surface area contributed by atoms with E-state index in [2.05, 4.69) is 16.3 Å². The number of nitrogens with zero attached hydrogens (tertiary/aromatic N) is 2. The standard InChI is InChI=1S/C20H23N3O4/c1-15-6-7-16(12-19(15)23(25)26)20(24)21-13-17-4-2-3-5-18(17)14-22-8-10-27-11-9-22/h2-7,12H,8-11,13-14H2,1H3,(H,21,24). The minimum Gasteiger partial charge on any atom is -0.379 e. The van der Waals surface area contributed by atoms with Gasteiger partial charge in [0.1, 0.15) is 0 Å². The Morgan fingerprint density at radius 1 is 1.19 bits per heavy atom. The normalized spacial score (nSPS) is 14.7. The van der Waals surface area contributed by atoms with Gasteiger partial charge in [-0.05, 0) is 24.1 Å². The van der Waals surface area contributed by atoms with Crippen molar-refractivity contribution in [1.29, 1.82) is 0 Å². The lowest BCUT2D eigenvalue weighted by atomic mass is 10.1. The zero-order valence-corrected chi connectivity index (χ0v) is 15.3. The zero-order chi connectivity index (χ0) is 19.2. The molecule has 0 aromatic heterocycles. The molecule has 0 spiro atoms. The van der Waals surface area contributed by atoms with Crippen LogP contribution in [0.15, 0.2) is 42.5 Å². The van der Waals surface area contributed by atoms with E-state index in [1.807, 2.05) is 18.2 Å². The maximum absolute atomic E-state index is 12.4. The Kier molecular flexibility index (Phi) is 6.16. The monoisotopic (exact) mass is 369 g/mol. The lowest BCUT2D eigenvalue weighted by Crippen LogP contribution is -2.36. The molecule has 0 bridgehead atoms. The molecule has 0 aliphatic carbocycles. The summed E-state index contributed by atoms with van der Waals surface area (Å²) in [7, 11) is 0. The topological polar surface area (TPSA) is 84.7 Å². The van der Waals surface area contributed by atoms with Crippen molar-refractivity contribution < 1.29 is 14.5 Å². The van der Waals surface area contributed by atoms with E-state index < -0.39 is 4.92 Å². The molecule has 7 nitrogen and oxygen atoms in total. The van der Waals surface area contributed by atoms with Gasteiger partial charge in [0.25, 0.3) is 11.6 Å². The number of rotatable bonds is 6. The highest BCUT2D eigenvalue weighted by molar-refractivity contribution is 5.94. The van der Waals surface area contributed by atoms with Crippen LogP contribution in [0.3, 0.4) is 0 Å². The molecule has 2 aromatic carbocycles. The smallest absolute Gasteiger partial charge is 0.273 e. The van der Waals surface area contributed by atoms with Crippen LogP contribution in [0.1, 0.15) is 27.0 Å². The quantitative estimate of drug-likeness (QED) is 0.625. The molecule has 2 aromatic rings. The zero-order valence-electron chi connectivity index (χ0n) is 15.3. The van der Waals surface area contributed by atoms with Gasteiger partial charge in [-0.25, -0.2) is 0 Å². The number of benzene rings is 2. The van der Waals surface area contributed by atoms with Gasteiger partial charge < -0.3 is 10.1 Å². The number of nitro benzene ring substituents is 1. The van der Waals surface area contributed by atoms with Gasteiger partial charge in [-0.15, -0.1) is 0 Å². The summed E-state index contributed by atoms with van der Waals surface area (Å²) in [5.41, 5.74) is 2.98. The fourth-order valence-corrected chi connectivity index (χ4v) is 3.11. The number of carbonyl (C=O) groups is 1. The Morgan fingerprint density at radius 3 is 2.59 bits per heavy atom. The van der Waals surface area contributed by atoms with Crippen LogP contribution in [0.2, 0.25) is 0 Å². The van der Waals surface area contributed by atoms with E-state index in [1.54, 1.807) is 19.1 Å². The van der Waals surface area contributed by atoms with Gasteiger partial charge in [-0.2, -0.15) is 0 Å². The van der Waals surface area contributed by atoms with Crippen LogP contribution in [0.25, 0.3) is 0 Å². The summed E-state index contributed by atoms with van der Waals surface area (Å²) in [6, 6.07) is 12.5. The van der Waals surface area contributed by atoms with Crippen LogP contribution in [-0.2, 0) is 17.8 Å². The van der Waals surface area contributed by atoms with Crippen LogP contribution in [0.4, 0.5) is 5.69 Å². The summed E-state index contributed by atoms with van der Waals surface area (Å²) < 4.78 is 5.38. The Bertz CT molecular complexity index is 832. The maximum atomic E-state index is 12.4. The molecular weight excluding hydrogens is 346 g/mol. The molecule has 1 amide bonds. The summed E-state index contributed by atoms with van der Waals surface area (Å²) in [4.78, 5) is 25.4. The first-order valence-electron chi connectivity index (χ1n) is 8.94. The number of ether oxygens (including phenoxy) is 1. The molecule has 1 aliphatic rings. The van der Waals surface area contributed by atoms with E-state index in [9.17, 15) is 14.9 Å². The first kappa shape index (κ1) is 19.0. The number of aryl methyl sites for hydroxylation is 1. The molecule has 0 radical (unpaired) electrons. The fourth-order valence-electron chi connectivity index (χ4n) is 3.11. The highest BCUT2D eigenvalue weighted by Crippen LogP contribution is 2.19. The third kappa shape index (κ3) is 4.90. The van der Waals surface area contributed by atoms with Gasteiger partial charge >= 0.3 is 0 Å². The molecule has 7 heteroatoms. The predicted molar refractivity (Wildman–Crippen MR) is 102 cm³/mol. The Morgan fingerprint density at radius 2 is 1.89 bits per heavy atom. The summed E-state index contributed by atoms with van der Waals surface area (Å²) in [5, 5.41) is 13.9. The van der Waals surface area contributed by atoms with E-state index >= 15 is 0 Å². The van der Waals surface area contributed by atoms with Crippen molar-refractivity contribution in [3.05, 3.63) is 74.8 Å². The molecule has 0 atom stereocenters. The fraction of sp³-hybridized carbons (Fsp3) is 0.350. The number of nitrogens with one attached hydrogen (secondary N) is 1. The summed E-state index contributed by atoms with van der Waals surface area (Å²) in [6.45, 7) is 6.12. The highest BCUT2D eigenvalue weighted by Gasteiger charge is 2.16. The van der Waals surface area contributed by atoms with Crippen molar-refractivity contribution in [2.75, 3.05) is 26.3 Å². The molecule has 1 heterocycles. The number of morpholine rings is 1. The molecule has 0 saturated carbocycles. The Labute approximate surface area is 158 Å². The van der Waals surface area contributed by atoms with E-state index in [4.69, 9.17) is 4.74 Å². The Balaban J connectivity index is 1.67. The average molecular weight is 369 g/mol. The molecule has 1 aliphatic heterocycles. The van der Waals surface area contributed by atoms with E-state index in [0.717, 1.165) is 44.0 Å². The van der Waals surface area contributed by atoms with Crippen LogP contribution in [0.5, 0.6) is 0 Å². The second-order valence-electron chi connectivity index (χ2n) is 6.60. The predicted octanol–water partition coefficient (Wildman–Crippen LogP) is 2.67. The molecule has 1 saturated heterocycles. The first-order valence-corrected chi connectivity index (χ1v) is 8.94. The summed E-state index contributed by atoms with van der Waals surface area (Å²) in [6.07, 6.45) is 0. The number of amides is 1. The minimum atomic E-state index is -0.469. The second kappa shape index (κ2) is 8.75. The third-order valence-corrected chi connectivity index (χ3v) is 4.72. The maximum Gasteiger partial charge on any atom is 0.273 e. The molecule has 3 rings (SSSR count). The van der Waals surface area contributed by atoms with Gasteiger partial charge in [0.2, 0.25) is 0 Å². The number of nitro groups is 1. The minimum absolute atomic E-state index is 0.0460. The molecule has 1 fully saturated rings. The lowest BCUT2D eigenvalue weighted by Gasteiger charge is -2.27. The molecule has 1 N–H and O–H groups in total. The van der Waals surface area contributed by atoms with E-state index in [1.165, 1.54) is 6.07 Å². The van der Waals surface area contributed by atoms with Crippen molar-refractivity contribution in [1.82, 2.24) is 10.2 Å².